The number of benzene rings is 2. The highest BCUT2D eigenvalue weighted by Crippen LogP contribution is 2.22. The van der Waals surface area contributed by atoms with Crippen molar-refractivity contribution < 1.29 is 9.53 Å². The van der Waals surface area contributed by atoms with Crippen LogP contribution in [0, 0.1) is 6.92 Å². The van der Waals surface area contributed by atoms with E-state index in [-0.39, 0.29) is 5.91 Å². The molecule has 0 aliphatic rings. The van der Waals surface area contributed by atoms with Gasteiger partial charge in [-0.15, -0.1) is 0 Å². The van der Waals surface area contributed by atoms with Crippen LogP contribution >= 0.6 is 15.9 Å². The molecule has 1 atom stereocenters. The Morgan fingerprint density at radius 1 is 1.26 bits per heavy atom. The minimum Gasteiger partial charge on any atom is -0.496 e. The summed E-state index contributed by atoms with van der Waals surface area (Å²) in [7, 11) is 1.63. The topological polar surface area (TPSA) is 64.3 Å². The number of rotatable bonds is 5. The van der Waals surface area contributed by atoms with Crippen LogP contribution in [0.4, 0.5) is 0 Å². The van der Waals surface area contributed by atoms with Crippen molar-refractivity contribution in [3.63, 3.8) is 0 Å². The number of aryl methyl sites for hydroxylation is 1. The molecule has 23 heavy (non-hydrogen) atoms. The Morgan fingerprint density at radius 2 is 1.91 bits per heavy atom. The van der Waals surface area contributed by atoms with Crippen molar-refractivity contribution >= 4 is 21.8 Å². The summed E-state index contributed by atoms with van der Waals surface area (Å²) >= 11 is 3.38. The third kappa shape index (κ3) is 4.12. The average molecular weight is 377 g/mol. The number of halogens is 1. The fourth-order valence-corrected chi connectivity index (χ4v) is 2.53. The van der Waals surface area contributed by atoms with Crippen molar-refractivity contribution in [1.82, 2.24) is 5.32 Å². The molecule has 0 radical (unpaired) electrons. The van der Waals surface area contributed by atoms with Crippen LogP contribution in [0.1, 0.15) is 23.6 Å². The smallest absolute Gasteiger partial charge is 0.244 e. The normalized spacial score (nSPS) is 13.3. The Balaban J connectivity index is 2.07. The largest absolute Gasteiger partial charge is 0.496 e. The van der Waals surface area contributed by atoms with E-state index in [1.165, 1.54) is 0 Å². The average Bonchev–Trinajstić information content (AvgIpc) is 2.54. The minimum atomic E-state index is -1.09. The summed E-state index contributed by atoms with van der Waals surface area (Å²) in [5.74, 6) is 0.583. The quantitative estimate of drug-likeness (QED) is 0.841. The van der Waals surface area contributed by atoms with Gasteiger partial charge in [0.1, 0.15) is 11.3 Å². The summed E-state index contributed by atoms with van der Waals surface area (Å²) in [6.07, 6.45) is 0. The van der Waals surface area contributed by atoms with Crippen LogP contribution in [-0.2, 0) is 16.9 Å². The molecule has 0 aromatic heterocycles. The van der Waals surface area contributed by atoms with E-state index in [1.807, 2.05) is 49.4 Å². The van der Waals surface area contributed by atoms with Gasteiger partial charge in [-0.25, -0.2) is 0 Å². The Labute approximate surface area is 145 Å². The monoisotopic (exact) mass is 376 g/mol. The number of hydrogen-bond acceptors (Lipinski definition) is 3. The maximum absolute atomic E-state index is 12.5. The first kappa shape index (κ1) is 17.5. The summed E-state index contributed by atoms with van der Waals surface area (Å²) in [6, 6.07) is 13.3. The van der Waals surface area contributed by atoms with Gasteiger partial charge in [-0.2, -0.15) is 0 Å². The van der Waals surface area contributed by atoms with Gasteiger partial charge < -0.3 is 15.8 Å². The van der Waals surface area contributed by atoms with Crippen LogP contribution < -0.4 is 15.8 Å². The van der Waals surface area contributed by atoms with Crippen LogP contribution in [-0.4, -0.2) is 13.0 Å². The van der Waals surface area contributed by atoms with Crippen molar-refractivity contribution in [2.24, 2.45) is 5.73 Å². The summed E-state index contributed by atoms with van der Waals surface area (Å²) in [4.78, 5) is 12.5. The van der Waals surface area contributed by atoms with Gasteiger partial charge in [0.05, 0.1) is 7.11 Å². The standard InChI is InChI=1S/C18H21BrN2O2/c1-12-4-5-13(10-16(12)23-3)11-21-17(22)18(2,20)14-6-8-15(19)9-7-14/h4-10H,11,20H2,1-3H3,(H,21,22). The molecule has 122 valence electrons. The Kier molecular flexibility index (Phi) is 5.44. The fraction of sp³-hybridized carbons (Fsp3) is 0.278. The van der Waals surface area contributed by atoms with E-state index in [9.17, 15) is 4.79 Å². The van der Waals surface area contributed by atoms with E-state index in [1.54, 1.807) is 14.0 Å². The van der Waals surface area contributed by atoms with Crippen LogP contribution in [0.25, 0.3) is 0 Å². The van der Waals surface area contributed by atoms with E-state index in [4.69, 9.17) is 10.5 Å². The highest BCUT2D eigenvalue weighted by atomic mass is 79.9. The number of ether oxygens (including phenoxy) is 1. The van der Waals surface area contributed by atoms with E-state index < -0.39 is 5.54 Å². The zero-order valence-electron chi connectivity index (χ0n) is 13.5. The fourth-order valence-electron chi connectivity index (χ4n) is 2.27. The second-order valence-corrected chi connectivity index (χ2v) is 6.61. The highest BCUT2D eigenvalue weighted by molar-refractivity contribution is 9.10. The lowest BCUT2D eigenvalue weighted by Gasteiger charge is -2.24. The van der Waals surface area contributed by atoms with Crippen LogP contribution in [0.2, 0.25) is 0 Å². The first-order valence-electron chi connectivity index (χ1n) is 7.31. The van der Waals surface area contributed by atoms with Gasteiger partial charge in [-0.05, 0) is 48.7 Å². The molecular weight excluding hydrogens is 356 g/mol. The molecule has 2 aromatic carbocycles. The van der Waals surface area contributed by atoms with Crippen molar-refractivity contribution in [3.8, 4) is 5.75 Å². The summed E-state index contributed by atoms with van der Waals surface area (Å²) in [6.45, 7) is 4.09. The molecule has 0 aliphatic heterocycles. The van der Waals surface area contributed by atoms with Gasteiger partial charge in [0, 0.05) is 11.0 Å². The highest BCUT2D eigenvalue weighted by Gasteiger charge is 2.30. The molecule has 0 bridgehead atoms. The van der Waals surface area contributed by atoms with Crippen molar-refractivity contribution in [2.45, 2.75) is 25.9 Å². The SMILES string of the molecule is COc1cc(CNC(=O)C(C)(N)c2ccc(Br)cc2)ccc1C. The number of hydrogen-bond donors (Lipinski definition) is 2. The van der Waals surface area contributed by atoms with Gasteiger partial charge in [0.25, 0.3) is 0 Å². The molecule has 0 fully saturated rings. The lowest BCUT2D eigenvalue weighted by Crippen LogP contribution is -2.48. The minimum absolute atomic E-state index is 0.223. The molecular formula is C18H21BrN2O2. The molecule has 2 rings (SSSR count). The predicted molar refractivity (Wildman–Crippen MR) is 95.3 cm³/mol. The number of nitrogens with two attached hydrogens (primary N) is 1. The second kappa shape index (κ2) is 7.15. The molecule has 1 amide bonds. The molecule has 2 aromatic rings. The zero-order valence-corrected chi connectivity index (χ0v) is 15.1. The number of nitrogens with one attached hydrogen (secondary N) is 1. The second-order valence-electron chi connectivity index (χ2n) is 5.70. The van der Waals surface area contributed by atoms with Crippen LogP contribution in [0.3, 0.4) is 0 Å². The first-order valence-corrected chi connectivity index (χ1v) is 8.10. The third-order valence-corrected chi connectivity index (χ3v) is 4.37. The molecule has 4 nitrogen and oxygen atoms in total. The van der Waals surface area contributed by atoms with Crippen molar-refractivity contribution in [2.75, 3.05) is 7.11 Å². The van der Waals surface area contributed by atoms with Crippen LogP contribution in [0.15, 0.2) is 46.9 Å². The molecule has 0 saturated carbocycles. The Hall–Kier alpha value is -1.85. The number of carbonyl (C=O) groups excluding carboxylic acids is 1. The van der Waals surface area contributed by atoms with Crippen molar-refractivity contribution in [3.05, 3.63) is 63.6 Å². The molecule has 0 spiro atoms. The van der Waals surface area contributed by atoms with Gasteiger partial charge in [-0.1, -0.05) is 40.2 Å². The van der Waals surface area contributed by atoms with Gasteiger partial charge in [-0.3, -0.25) is 4.79 Å². The van der Waals surface area contributed by atoms with Gasteiger partial charge in [0.15, 0.2) is 0 Å². The first-order chi connectivity index (χ1) is 10.8. The summed E-state index contributed by atoms with van der Waals surface area (Å²) < 4.78 is 6.25. The molecule has 0 aliphatic carbocycles. The summed E-state index contributed by atoms with van der Waals surface area (Å²) in [5, 5.41) is 2.89. The third-order valence-electron chi connectivity index (χ3n) is 3.84. The van der Waals surface area contributed by atoms with Crippen molar-refractivity contribution in [1.29, 1.82) is 0 Å². The predicted octanol–water partition coefficient (Wildman–Crippen LogP) is 3.26. The lowest BCUT2D eigenvalue weighted by atomic mass is 9.92. The van der Waals surface area contributed by atoms with E-state index in [0.29, 0.717) is 6.54 Å². The Morgan fingerprint density at radius 3 is 2.52 bits per heavy atom. The number of methoxy groups -OCH3 is 1. The molecule has 1 unspecified atom stereocenters. The number of carbonyl (C=O) groups is 1. The lowest BCUT2D eigenvalue weighted by molar-refractivity contribution is -0.126. The van der Waals surface area contributed by atoms with E-state index >= 15 is 0 Å². The van der Waals surface area contributed by atoms with E-state index in [0.717, 1.165) is 26.9 Å². The van der Waals surface area contributed by atoms with Gasteiger partial charge in [0.2, 0.25) is 5.91 Å². The molecule has 0 saturated heterocycles. The number of amides is 1. The zero-order chi connectivity index (χ0) is 17.0. The molecule has 3 N–H and O–H groups in total. The maximum Gasteiger partial charge on any atom is 0.244 e. The molecule has 0 heterocycles. The van der Waals surface area contributed by atoms with E-state index in [2.05, 4.69) is 21.2 Å². The van der Waals surface area contributed by atoms with Gasteiger partial charge >= 0.3 is 0 Å². The Bertz CT molecular complexity index is 697. The molecule has 5 heteroatoms. The maximum atomic E-state index is 12.5. The van der Waals surface area contributed by atoms with Crippen LogP contribution in [0.5, 0.6) is 5.75 Å². The summed E-state index contributed by atoms with van der Waals surface area (Å²) in [5.41, 5.74) is 7.92.